The number of amides is 1. The first-order chi connectivity index (χ1) is 9.76. The zero-order valence-electron chi connectivity index (χ0n) is 12.7. The largest absolute Gasteiger partial charge is 0.337 e. The van der Waals surface area contributed by atoms with Crippen LogP contribution in [0.15, 0.2) is 16.2 Å². The Bertz CT molecular complexity index is 699. The van der Waals surface area contributed by atoms with E-state index in [4.69, 9.17) is 0 Å². The number of hydrogen-bond donors (Lipinski definition) is 2. The van der Waals surface area contributed by atoms with E-state index >= 15 is 0 Å². The van der Waals surface area contributed by atoms with Crippen LogP contribution in [0.25, 0.3) is 10.2 Å². The molecule has 0 radical (unpaired) electrons. The summed E-state index contributed by atoms with van der Waals surface area (Å²) in [5.74, 6) is 0.454. The van der Waals surface area contributed by atoms with Crippen LogP contribution in [0.1, 0.15) is 26.6 Å². The molecule has 0 atom stereocenters. The molecule has 0 saturated heterocycles. The van der Waals surface area contributed by atoms with Gasteiger partial charge in [0, 0.05) is 12.6 Å². The summed E-state index contributed by atoms with van der Waals surface area (Å²) in [5, 5.41) is 4.98. The van der Waals surface area contributed by atoms with Crippen molar-refractivity contribution in [3.63, 3.8) is 0 Å². The Labute approximate surface area is 127 Å². The van der Waals surface area contributed by atoms with Crippen molar-refractivity contribution in [2.75, 3.05) is 13.6 Å². The number of thiophene rings is 1. The molecule has 0 fully saturated rings. The van der Waals surface area contributed by atoms with Gasteiger partial charge in [-0.2, -0.15) is 0 Å². The van der Waals surface area contributed by atoms with Gasteiger partial charge in [-0.05, 0) is 32.2 Å². The number of aromatic nitrogens is 2. The number of fused-ring (bicyclic) bond motifs is 1. The highest BCUT2D eigenvalue weighted by atomic mass is 32.1. The van der Waals surface area contributed by atoms with Crippen LogP contribution in [-0.4, -0.2) is 39.9 Å². The molecule has 2 rings (SSSR count). The molecule has 1 amide bonds. The Morgan fingerprint density at radius 3 is 2.86 bits per heavy atom. The molecule has 0 aliphatic heterocycles. The van der Waals surface area contributed by atoms with Gasteiger partial charge in [0.05, 0.1) is 18.6 Å². The fraction of sp³-hybridized carbons (Fsp3) is 0.500. The molecule has 0 bridgehead atoms. The fourth-order valence-electron chi connectivity index (χ4n) is 1.79. The van der Waals surface area contributed by atoms with Gasteiger partial charge >= 0.3 is 0 Å². The Hall–Kier alpha value is -1.73. The van der Waals surface area contributed by atoms with Crippen molar-refractivity contribution < 1.29 is 4.79 Å². The second-order valence-electron chi connectivity index (χ2n) is 6.00. The molecule has 2 N–H and O–H groups in total. The quantitative estimate of drug-likeness (QED) is 0.893. The molecule has 6 nitrogen and oxygen atoms in total. The number of carbonyl (C=O) groups excluding carboxylic acids is 1. The van der Waals surface area contributed by atoms with Crippen molar-refractivity contribution in [2.45, 2.75) is 32.9 Å². The highest BCUT2D eigenvalue weighted by Gasteiger charge is 2.15. The highest BCUT2D eigenvalue weighted by molar-refractivity contribution is 7.17. The minimum atomic E-state index is -0.154. The fourth-order valence-corrected chi connectivity index (χ4v) is 2.51. The number of rotatable bonds is 4. The Morgan fingerprint density at radius 2 is 2.19 bits per heavy atom. The van der Waals surface area contributed by atoms with Gasteiger partial charge in [-0.1, -0.05) is 0 Å². The molecule has 0 aliphatic carbocycles. The summed E-state index contributed by atoms with van der Waals surface area (Å²) >= 11 is 1.36. The lowest BCUT2D eigenvalue weighted by atomic mass is 10.1. The lowest BCUT2D eigenvalue weighted by Crippen LogP contribution is -2.43. The van der Waals surface area contributed by atoms with Crippen LogP contribution in [0, 0.1) is 0 Å². The van der Waals surface area contributed by atoms with E-state index in [1.165, 1.54) is 11.3 Å². The van der Waals surface area contributed by atoms with Crippen LogP contribution in [-0.2, 0) is 11.3 Å². The highest BCUT2D eigenvalue weighted by Crippen LogP contribution is 2.14. The molecule has 2 heterocycles. The molecule has 2 aromatic heterocycles. The minimum absolute atomic E-state index is 0.0435. The van der Waals surface area contributed by atoms with E-state index in [9.17, 15) is 9.59 Å². The number of hydrogen-bond acceptors (Lipinski definition) is 5. The lowest BCUT2D eigenvalue weighted by molar-refractivity contribution is -0.129. The lowest BCUT2D eigenvalue weighted by Gasteiger charge is -2.23. The van der Waals surface area contributed by atoms with Gasteiger partial charge < -0.3 is 15.2 Å². The number of likely N-dealkylation sites (N-methyl/N-ethyl adjacent to an activating group) is 1. The second-order valence-corrected chi connectivity index (χ2v) is 6.92. The van der Waals surface area contributed by atoms with Crippen LogP contribution >= 0.6 is 11.3 Å². The predicted molar refractivity (Wildman–Crippen MR) is 84.5 cm³/mol. The summed E-state index contributed by atoms with van der Waals surface area (Å²) in [6.07, 6.45) is 0. The van der Waals surface area contributed by atoms with Crippen LogP contribution in [0.5, 0.6) is 0 Å². The summed E-state index contributed by atoms with van der Waals surface area (Å²) in [6, 6.07) is 1.81. The van der Waals surface area contributed by atoms with Gasteiger partial charge in [-0.15, -0.1) is 11.3 Å². The number of H-pyrrole nitrogens is 1. The topological polar surface area (TPSA) is 78.1 Å². The minimum Gasteiger partial charge on any atom is -0.337 e. The molecular weight excluding hydrogens is 288 g/mol. The zero-order chi connectivity index (χ0) is 15.6. The van der Waals surface area contributed by atoms with Crippen LogP contribution in [0.2, 0.25) is 0 Å². The van der Waals surface area contributed by atoms with Gasteiger partial charge in [0.15, 0.2) is 0 Å². The molecule has 2 aromatic rings. The Morgan fingerprint density at radius 1 is 1.48 bits per heavy atom. The van der Waals surface area contributed by atoms with Crippen LogP contribution in [0.3, 0.4) is 0 Å². The predicted octanol–water partition coefficient (Wildman–Crippen LogP) is 1.33. The van der Waals surface area contributed by atoms with Gasteiger partial charge in [-0.25, -0.2) is 4.98 Å². The Kier molecular flexibility index (Phi) is 4.43. The maximum absolute atomic E-state index is 12.0. The molecule has 0 saturated carbocycles. The summed E-state index contributed by atoms with van der Waals surface area (Å²) in [5.41, 5.74) is 0.407. The van der Waals surface area contributed by atoms with Gasteiger partial charge in [0.1, 0.15) is 10.5 Å². The molecule has 114 valence electrons. The third-order valence-corrected chi connectivity index (χ3v) is 3.85. The van der Waals surface area contributed by atoms with Crippen molar-refractivity contribution >= 4 is 27.5 Å². The van der Waals surface area contributed by atoms with E-state index in [0.29, 0.717) is 16.0 Å². The second kappa shape index (κ2) is 5.95. The summed E-state index contributed by atoms with van der Waals surface area (Å²) < 4.78 is 0.613. The third kappa shape index (κ3) is 4.12. The average Bonchev–Trinajstić information content (AvgIpc) is 2.83. The average molecular weight is 308 g/mol. The van der Waals surface area contributed by atoms with Crippen molar-refractivity contribution in [3.05, 3.63) is 27.6 Å². The molecule has 21 heavy (non-hydrogen) atoms. The standard InChI is InChI=1S/C14H20N4O2S/c1-14(2,3)15-7-11(19)18(4)8-10-16-9-5-6-21-12(9)13(20)17-10/h5-6,15H,7-8H2,1-4H3,(H,16,17,20). The number of aromatic amines is 1. The van der Waals surface area contributed by atoms with Gasteiger partial charge in [0.2, 0.25) is 5.91 Å². The van der Waals surface area contributed by atoms with Gasteiger partial charge in [-0.3, -0.25) is 9.59 Å². The van der Waals surface area contributed by atoms with E-state index in [0.717, 1.165) is 0 Å². The molecule has 0 aromatic carbocycles. The maximum atomic E-state index is 12.0. The van der Waals surface area contributed by atoms with Crippen molar-refractivity contribution in [1.82, 2.24) is 20.2 Å². The van der Waals surface area contributed by atoms with E-state index in [2.05, 4.69) is 15.3 Å². The summed E-state index contributed by atoms with van der Waals surface area (Å²) in [6.45, 7) is 6.55. The zero-order valence-corrected chi connectivity index (χ0v) is 13.5. The summed E-state index contributed by atoms with van der Waals surface area (Å²) in [4.78, 5) is 32.5. The number of nitrogens with one attached hydrogen (secondary N) is 2. The third-order valence-electron chi connectivity index (χ3n) is 2.95. The van der Waals surface area contributed by atoms with E-state index < -0.39 is 0 Å². The summed E-state index contributed by atoms with van der Waals surface area (Å²) in [7, 11) is 1.70. The Balaban J connectivity index is 2.05. The van der Waals surface area contributed by atoms with E-state index in [1.54, 1.807) is 11.9 Å². The van der Waals surface area contributed by atoms with Crippen molar-refractivity contribution in [2.24, 2.45) is 0 Å². The van der Waals surface area contributed by atoms with E-state index in [1.807, 2.05) is 32.2 Å². The monoisotopic (exact) mass is 308 g/mol. The first-order valence-electron chi connectivity index (χ1n) is 6.72. The van der Waals surface area contributed by atoms with Crippen molar-refractivity contribution in [1.29, 1.82) is 0 Å². The maximum Gasteiger partial charge on any atom is 0.268 e. The SMILES string of the molecule is CN(Cc1nc2ccsc2c(=O)[nH]1)C(=O)CNC(C)(C)C. The van der Waals surface area contributed by atoms with Crippen LogP contribution < -0.4 is 10.9 Å². The van der Waals surface area contributed by atoms with Crippen LogP contribution in [0.4, 0.5) is 0 Å². The first-order valence-corrected chi connectivity index (χ1v) is 7.59. The van der Waals surface area contributed by atoms with Crippen molar-refractivity contribution in [3.8, 4) is 0 Å². The molecule has 7 heteroatoms. The molecular formula is C14H20N4O2S. The molecule has 0 aliphatic rings. The molecule has 0 spiro atoms. The number of nitrogens with zero attached hydrogens (tertiary/aromatic N) is 2. The smallest absolute Gasteiger partial charge is 0.268 e. The number of carbonyl (C=O) groups is 1. The van der Waals surface area contributed by atoms with E-state index in [-0.39, 0.29) is 30.1 Å². The van der Waals surface area contributed by atoms with Gasteiger partial charge in [0.25, 0.3) is 5.56 Å². The first kappa shape index (κ1) is 15.7. The molecule has 0 unspecified atom stereocenters. The normalized spacial score (nSPS) is 11.8.